The van der Waals surface area contributed by atoms with Crippen LogP contribution in [0.4, 0.5) is 0 Å². The Morgan fingerprint density at radius 3 is 2.25 bits per heavy atom. The van der Waals surface area contributed by atoms with Gasteiger partial charge in [0.1, 0.15) is 0 Å². The predicted molar refractivity (Wildman–Crippen MR) is 53.4 cm³/mol. The maximum absolute atomic E-state index is 2.59. The maximum Gasteiger partial charge on any atom is 0.0110 e. The highest BCUT2D eigenvalue weighted by atomic mass is 15.2. The van der Waals surface area contributed by atoms with Gasteiger partial charge in [0.05, 0.1) is 0 Å². The number of nitrogens with zero attached hydrogens (tertiary/aromatic N) is 2. The van der Waals surface area contributed by atoms with Gasteiger partial charge in [-0.25, -0.2) is 0 Å². The Kier molecular flexibility index (Phi) is 4.02. The molecule has 0 saturated carbocycles. The first-order valence-corrected chi connectivity index (χ1v) is 5.13. The Labute approximate surface area is 76.5 Å². The number of hydrogen-bond acceptors (Lipinski definition) is 2. The molecule has 0 bridgehead atoms. The van der Waals surface area contributed by atoms with E-state index in [0.717, 1.165) is 5.92 Å². The predicted octanol–water partition coefficient (Wildman–Crippen LogP) is 1.28. The fourth-order valence-electron chi connectivity index (χ4n) is 1.60. The van der Waals surface area contributed by atoms with Crippen LogP contribution in [0.15, 0.2) is 0 Å². The SMILES string of the molecule is CCC(C)CN1CCN(C)CC1. The molecule has 1 fully saturated rings. The molecular weight excluding hydrogens is 148 g/mol. The summed E-state index contributed by atoms with van der Waals surface area (Å²) in [6.45, 7) is 10.9. The van der Waals surface area contributed by atoms with Gasteiger partial charge in [0, 0.05) is 32.7 Å². The van der Waals surface area contributed by atoms with Gasteiger partial charge in [-0.1, -0.05) is 20.3 Å². The van der Waals surface area contributed by atoms with Crippen molar-refractivity contribution in [3.63, 3.8) is 0 Å². The summed E-state index contributed by atoms with van der Waals surface area (Å²) >= 11 is 0. The molecule has 1 aliphatic heterocycles. The normalized spacial score (nSPS) is 24.2. The standard InChI is InChI=1S/C10H22N2/c1-4-10(2)9-12-7-5-11(3)6-8-12/h10H,4-9H2,1-3H3. The number of likely N-dealkylation sites (N-methyl/N-ethyl adjacent to an activating group) is 1. The lowest BCUT2D eigenvalue weighted by Gasteiger charge is -2.33. The van der Waals surface area contributed by atoms with Crippen LogP contribution in [-0.4, -0.2) is 49.6 Å². The molecule has 0 aliphatic carbocycles. The summed E-state index contributed by atoms with van der Waals surface area (Å²) in [5.74, 6) is 0.869. The second-order valence-electron chi connectivity index (χ2n) is 4.12. The fourth-order valence-corrected chi connectivity index (χ4v) is 1.60. The molecule has 0 amide bonds. The molecule has 72 valence electrons. The van der Waals surface area contributed by atoms with Crippen LogP contribution in [0.3, 0.4) is 0 Å². The van der Waals surface area contributed by atoms with Crippen molar-refractivity contribution in [1.82, 2.24) is 9.80 Å². The minimum Gasteiger partial charge on any atom is -0.304 e. The molecule has 1 rings (SSSR count). The van der Waals surface area contributed by atoms with E-state index in [9.17, 15) is 0 Å². The van der Waals surface area contributed by atoms with E-state index in [-0.39, 0.29) is 0 Å². The van der Waals surface area contributed by atoms with Gasteiger partial charge in [-0.05, 0) is 13.0 Å². The molecule has 1 aliphatic rings. The van der Waals surface area contributed by atoms with Crippen molar-refractivity contribution in [2.75, 3.05) is 39.8 Å². The summed E-state index contributed by atoms with van der Waals surface area (Å²) in [6.07, 6.45) is 1.31. The third-order valence-corrected chi connectivity index (χ3v) is 2.86. The van der Waals surface area contributed by atoms with Gasteiger partial charge in [0.15, 0.2) is 0 Å². The van der Waals surface area contributed by atoms with Crippen molar-refractivity contribution >= 4 is 0 Å². The van der Waals surface area contributed by atoms with Crippen LogP contribution in [0.1, 0.15) is 20.3 Å². The average Bonchev–Trinajstić information content (AvgIpc) is 2.09. The number of hydrogen-bond donors (Lipinski definition) is 0. The zero-order valence-corrected chi connectivity index (χ0v) is 8.71. The molecule has 0 N–H and O–H groups in total. The summed E-state index contributed by atoms with van der Waals surface area (Å²) in [5, 5.41) is 0. The third kappa shape index (κ3) is 3.11. The molecule has 0 spiro atoms. The molecular formula is C10H22N2. The van der Waals surface area contributed by atoms with Crippen molar-refractivity contribution in [3.05, 3.63) is 0 Å². The summed E-state index contributed by atoms with van der Waals surface area (Å²) < 4.78 is 0. The van der Waals surface area contributed by atoms with Crippen LogP contribution in [0.5, 0.6) is 0 Å². The first-order chi connectivity index (χ1) is 5.72. The van der Waals surface area contributed by atoms with Gasteiger partial charge in [0.2, 0.25) is 0 Å². The molecule has 0 aromatic heterocycles. The van der Waals surface area contributed by atoms with Crippen LogP contribution in [0, 0.1) is 5.92 Å². The quantitative estimate of drug-likeness (QED) is 0.629. The van der Waals surface area contributed by atoms with E-state index in [2.05, 4.69) is 30.7 Å². The average molecular weight is 170 g/mol. The highest BCUT2D eigenvalue weighted by Crippen LogP contribution is 2.06. The van der Waals surface area contributed by atoms with Gasteiger partial charge < -0.3 is 9.80 Å². The van der Waals surface area contributed by atoms with Crippen molar-refractivity contribution in [2.45, 2.75) is 20.3 Å². The third-order valence-electron chi connectivity index (χ3n) is 2.86. The van der Waals surface area contributed by atoms with Crippen molar-refractivity contribution in [3.8, 4) is 0 Å². The van der Waals surface area contributed by atoms with Gasteiger partial charge in [-0.2, -0.15) is 0 Å². The minimum absolute atomic E-state index is 0.869. The Bertz CT molecular complexity index is 117. The number of piperazine rings is 1. The lowest BCUT2D eigenvalue weighted by atomic mass is 10.1. The highest BCUT2D eigenvalue weighted by molar-refractivity contribution is 4.70. The summed E-state index contributed by atoms with van der Waals surface area (Å²) in [6, 6.07) is 0. The summed E-state index contributed by atoms with van der Waals surface area (Å²) in [4.78, 5) is 5.00. The smallest absolute Gasteiger partial charge is 0.0110 e. The molecule has 0 aromatic carbocycles. The molecule has 1 saturated heterocycles. The number of rotatable bonds is 3. The molecule has 1 atom stereocenters. The monoisotopic (exact) mass is 170 g/mol. The van der Waals surface area contributed by atoms with Crippen molar-refractivity contribution < 1.29 is 0 Å². The Hall–Kier alpha value is -0.0800. The Balaban J connectivity index is 2.17. The van der Waals surface area contributed by atoms with Crippen molar-refractivity contribution in [1.29, 1.82) is 0 Å². The maximum atomic E-state index is 2.59. The van der Waals surface area contributed by atoms with Crippen LogP contribution in [-0.2, 0) is 0 Å². The lowest BCUT2D eigenvalue weighted by molar-refractivity contribution is 0.138. The van der Waals surface area contributed by atoms with Crippen LogP contribution >= 0.6 is 0 Å². The topological polar surface area (TPSA) is 6.48 Å². The summed E-state index contributed by atoms with van der Waals surface area (Å²) in [5.41, 5.74) is 0. The van der Waals surface area contributed by atoms with E-state index in [0.29, 0.717) is 0 Å². The molecule has 0 radical (unpaired) electrons. The molecule has 1 unspecified atom stereocenters. The van der Waals surface area contributed by atoms with E-state index >= 15 is 0 Å². The van der Waals surface area contributed by atoms with Gasteiger partial charge in [-0.3, -0.25) is 0 Å². The molecule has 1 heterocycles. The van der Waals surface area contributed by atoms with Gasteiger partial charge in [0.25, 0.3) is 0 Å². The zero-order valence-electron chi connectivity index (χ0n) is 8.71. The van der Waals surface area contributed by atoms with E-state index in [4.69, 9.17) is 0 Å². The second-order valence-corrected chi connectivity index (χ2v) is 4.12. The van der Waals surface area contributed by atoms with E-state index < -0.39 is 0 Å². The van der Waals surface area contributed by atoms with Crippen LogP contribution in [0.2, 0.25) is 0 Å². The molecule has 0 aromatic rings. The van der Waals surface area contributed by atoms with Gasteiger partial charge >= 0.3 is 0 Å². The zero-order chi connectivity index (χ0) is 8.97. The first kappa shape index (κ1) is 10.0. The van der Waals surface area contributed by atoms with Crippen LogP contribution < -0.4 is 0 Å². The minimum atomic E-state index is 0.869. The van der Waals surface area contributed by atoms with Crippen molar-refractivity contribution in [2.24, 2.45) is 5.92 Å². The highest BCUT2D eigenvalue weighted by Gasteiger charge is 2.14. The molecule has 2 nitrogen and oxygen atoms in total. The lowest BCUT2D eigenvalue weighted by Crippen LogP contribution is -2.45. The molecule has 12 heavy (non-hydrogen) atoms. The van der Waals surface area contributed by atoms with Crippen LogP contribution in [0.25, 0.3) is 0 Å². The fraction of sp³-hybridized carbons (Fsp3) is 1.00. The first-order valence-electron chi connectivity index (χ1n) is 5.13. The van der Waals surface area contributed by atoms with E-state index in [1.54, 1.807) is 0 Å². The largest absolute Gasteiger partial charge is 0.304 e. The van der Waals surface area contributed by atoms with E-state index in [1.165, 1.54) is 39.1 Å². The molecule has 2 heteroatoms. The van der Waals surface area contributed by atoms with Gasteiger partial charge in [-0.15, -0.1) is 0 Å². The second kappa shape index (κ2) is 4.83. The summed E-state index contributed by atoms with van der Waals surface area (Å²) in [7, 11) is 2.21. The Morgan fingerprint density at radius 2 is 1.75 bits per heavy atom. The Morgan fingerprint density at radius 1 is 1.17 bits per heavy atom. The van der Waals surface area contributed by atoms with E-state index in [1.807, 2.05) is 0 Å².